The maximum absolute atomic E-state index is 12.7. The minimum atomic E-state index is -0.211. The second-order valence-corrected chi connectivity index (χ2v) is 7.59. The number of nitrogens with zero attached hydrogens (tertiary/aromatic N) is 2. The number of thioether (sulfide) groups is 1. The number of benzene rings is 1. The van der Waals surface area contributed by atoms with Gasteiger partial charge in [0.15, 0.2) is 0 Å². The van der Waals surface area contributed by atoms with E-state index in [9.17, 15) is 9.59 Å². The van der Waals surface area contributed by atoms with E-state index < -0.39 is 0 Å². The summed E-state index contributed by atoms with van der Waals surface area (Å²) < 4.78 is 6.80. The van der Waals surface area contributed by atoms with Crippen LogP contribution in [0, 0.1) is 6.92 Å². The van der Waals surface area contributed by atoms with E-state index >= 15 is 0 Å². The van der Waals surface area contributed by atoms with E-state index in [0.29, 0.717) is 23.7 Å². The fourth-order valence-electron chi connectivity index (χ4n) is 3.00. The minimum absolute atomic E-state index is 0.0296. The van der Waals surface area contributed by atoms with Gasteiger partial charge in [0.25, 0.3) is 5.91 Å². The number of aryl methyl sites for hydroxylation is 1. The van der Waals surface area contributed by atoms with Crippen LogP contribution in [0.3, 0.4) is 0 Å². The summed E-state index contributed by atoms with van der Waals surface area (Å²) in [5.74, 6) is 2.42. The number of rotatable bonds is 6. The lowest BCUT2D eigenvalue weighted by molar-refractivity contribution is -0.122. The van der Waals surface area contributed by atoms with Crippen LogP contribution in [0.15, 0.2) is 47.1 Å². The summed E-state index contributed by atoms with van der Waals surface area (Å²) in [6.45, 7) is 2.32. The molecule has 1 aliphatic heterocycles. The van der Waals surface area contributed by atoms with Gasteiger partial charge in [-0.3, -0.25) is 9.59 Å². The Morgan fingerprint density at radius 2 is 2.04 bits per heavy atom. The summed E-state index contributed by atoms with van der Waals surface area (Å²) >= 11 is 1.74. The summed E-state index contributed by atoms with van der Waals surface area (Å²) in [4.78, 5) is 25.0. The average Bonchev–Trinajstić information content (AvgIpc) is 3.41. The Hall–Kier alpha value is -3.00. The third-order valence-corrected chi connectivity index (χ3v) is 5.47. The Kier molecular flexibility index (Phi) is 5.21. The van der Waals surface area contributed by atoms with E-state index in [4.69, 9.17) is 4.42 Å². The lowest BCUT2D eigenvalue weighted by Gasteiger charge is -2.11. The van der Waals surface area contributed by atoms with Crippen molar-refractivity contribution in [3.63, 3.8) is 0 Å². The molecule has 4 rings (SSSR count). The highest BCUT2D eigenvalue weighted by atomic mass is 32.2. The molecule has 0 radical (unpaired) electrons. The van der Waals surface area contributed by atoms with Crippen LogP contribution in [0.4, 0.5) is 5.82 Å². The van der Waals surface area contributed by atoms with Gasteiger partial charge in [-0.05, 0) is 31.2 Å². The molecule has 7 nitrogen and oxygen atoms in total. The Balaban J connectivity index is 1.49. The second kappa shape index (κ2) is 7.93. The SMILES string of the molecule is Cc1ccc(C(=O)Nc2c3c(nn2CC(=O)NCc2ccco2)CSC3)cc1. The summed E-state index contributed by atoms with van der Waals surface area (Å²) in [6, 6.07) is 10.9. The number of carbonyl (C=O) groups excluding carboxylic acids is 2. The molecule has 0 atom stereocenters. The molecule has 1 aliphatic rings. The molecule has 3 heterocycles. The lowest BCUT2D eigenvalue weighted by Crippen LogP contribution is -2.28. The van der Waals surface area contributed by atoms with Crippen molar-refractivity contribution in [3.05, 3.63) is 70.8 Å². The van der Waals surface area contributed by atoms with Crippen LogP contribution in [0.5, 0.6) is 0 Å². The predicted octanol–water partition coefficient (Wildman–Crippen LogP) is 3.10. The number of aromatic nitrogens is 2. The molecule has 28 heavy (non-hydrogen) atoms. The van der Waals surface area contributed by atoms with Crippen molar-refractivity contribution in [1.29, 1.82) is 0 Å². The molecule has 2 aromatic heterocycles. The molecule has 0 aliphatic carbocycles. The number of fused-ring (bicyclic) bond motifs is 1. The number of hydrogen-bond acceptors (Lipinski definition) is 5. The second-order valence-electron chi connectivity index (χ2n) is 6.60. The fraction of sp³-hybridized carbons (Fsp3) is 0.250. The molecule has 2 N–H and O–H groups in total. The Morgan fingerprint density at radius 3 is 2.79 bits per heavy atom. The van der Waals surface area contributed by atoms with Gasteiger partial charge in [-0.25, -0.2) is 4.68 Å². The number of amides is 2. The van der Waals surface area contributed by atoms with E-state index in [1.807, 2.05) is 19.1 Å². The maximum atomic E-state index is 12.7. The van der Waals surface area contributed by atoms with Gasteiger partial charge >= 0.3 is 0 Å². The van der Waals surface area contributed by atoms with E-state index in [2.05, 4.69) is 15.7 Å². The van der Waals surface area contributed by atoms with Crippen molar-refractivity contribution in [2.45, 2.75) is 31.5 Å². The summed E-state index contributed by atoms with van der Waals surface area (Å²) in [5, 5.41) is 10.3. The molecular formula is C20H20N4O3S. The first kappa shape index (κ1) is 18.4. The van der Waals surface area contributed by atoms with Gasteiger partial charge in [0, 0.05) is 22.6 Å². The van der Waals surface area contributed by atoms with Crippen LogP contribution in [0.2, 0.25) is 0 Å². The molecule has 0 spiro atoms. The molecule has 8 heteroatoms. The Morgan fingerprint density at radius 1 is 1.21 bits per heavy atom. The van der Waals surface area contributed by atoms with Crippen LogP contribution in [-0.4, -0.2) is 21.6 Å². The zero-order valence-electron chi connectivity index (χ0n) is 15.4. The number of anilines is 1. The quantitative estimate of drug-likeness (QED) is 0.668. The average molecular weight is 396 g/mol. The largest absolute Gasteiger partial charge is 0.467 e. The van der Waals surface area contributed by atoms with Gasteiger partial charge in [0.05, 0.1) is 18.5 Å². The van der Waals surface area contributed by atoms with Crippen LogP contribution in [0.1, 0.15) is 32.9 Å². The zero-order chi connectivity index (χ0) is 19.5. The van der Waals surface area contributed by atoms with Crippen LogP contribution in [-0.2, 0) is 29.4 Å². The number of nitrogens with one attached hydrogen (secondary N) is 2. The monoisotopic (exact) mass is 396 g/mol. The van der Waals surface area contributed by atoms with Gasteiger partial charge < -0.3 is 15.1 Å². The number of carbonyl (C=O) groups is 2. The lowest BCUT2D eigenvalue weighted by atomic mass is 10.1. The maximum Gasteiger partial charge on any atom is 0.256 e. The predicted molar refractivity (Wildman–Crippen MR) is 107 cm³/mol. The topological polar surface area (TPSA) is 89.2 Å². The molecule has 144 valence electrons. The first-order valence-electron chi connectivity index (χ1n) is 8.93. The highest BCUT2D eigenvalue weighted by Gasteiger charge is 2.25. The third kappa shape index (κ3) is 3.96. The highest BCUT2D eigenvalue weighted by molar-refractivity contribution is 7.98. The molecular weight excluding hydrogens is 376 g/mol. The van der Waals surface area contributed by atoms with E-state index in [-0.39, 0.29) is 18.4 Å². The first-order chi connectivity index (χ1) is 13.6. The zero-order valence-corrected chi connectivity index (χ0v) is 16.2. The van der Waals surface area contributed by atoms with Crippen molar-refractivity contribution in [2.75, 3.05) is 5.32 Å². The molecule has 3 aromatic rings. The van der Waals surface area contributed by atoms with Gasteiger partial charge in [-0.2, -0.15) is 16.9 Å². The van der Waals surface area contributed by atoms with Crippen LogP contribution < -0.4 is 10.6 Å². The van der Waals surface area contributed by atoms with Crippen molar-refractivity contribution in [3.8, 4) is 0 Å². The summed E-state index contributed by atoms with van der Waals surface area (Å²) in [7, 11) is 0. The molecule has 1 aromatic carbocycles. The fourth-order valence-corrected chi connectivity index (χ4v) is 4.03. The first-order valence-corrected chi connectivity index (χ1v) is 10.1. The standard InChI is InChI=1S/C20H20N4O3S/c1-13-4-6-14(7-5-13)20(26)22-19-16-11-28-12-17(16)23-24(19)10-18(25)21-9-15-3-2-8-27-15/h2-8H,9-12H2,1H3,(H,21,25)(H,22,26). The summed E-state index contributed by atoms with van der Waals surface area (Å²) in [6.07, 6.45) is 1.57. The van der Waals surface area contributed by atoms with Crippen LogP contribution in [0.25, 0.3) is 0 Å². The van der Waals surface area contributed by atoms with Crippen LogP contribution >= 0.6 is 11.8 Å². The normalized spacial score (nSPS) is 12.6. The molecule has 0 fully saturated rings. The molecule has 0 saturated carbocycles. The highest BCUT2D eigenvalue weighted by Crippen LogP contribution is 2.34. The van der Waals surface area contributed by atoms with Crippen molar-refractivity contribution < 1.29 is 14.0 Å². The Labute approximate surface area is 166 Å². The molecule has 0 saturated heterocycles. The third-order valence-electron chi connectivity index (χ3n) is 4.50. The van der Waals surface area contributed by atoms with Crippen molar-refractivity contribution >= 4 is 29.4 Å². The van der Waals surface area contributed by atoms with E-state index in [0.717, 1.165) is 28.3 Å². The van der Waals surface area contributed by atoms with Gasteiger partial charge in [-0.1, -0.05) is 17.7 Å². The molecule has 0 bridgehead atoms. The number of hydrogen-bond donors (Lipinski definition) is 2. The minimum Gasteiger partial charge on any atom is -0.467 e. The summed E-state index contributed by atoms with van der Waals surface area (Å²) in [5.41, 5.74) is 3.57. The number of furan rings is 1. The van der Waals surface area contributed by atoms with Crippen molar-refractivity contribution in [2.24, 2.45) is 0 Å². The molecule has 0 unspecified atom stereocenters. The van der Waals surface area contributed by atoms with E-state index in [1.165, 1.54) is 0 Å². The van der Waals surface area contributed by atoms with E-state index in [1.54, 1.807) is 47.0 Å². The Bertz CT molecular complexity index is 993. The van der Waals surface area contributed by atoms with Gasteiger partial charge in [0.2, 0.25) is 5.91 Å². The van der Waals surface area contributed by atoms with Gasteiger partial charge in [-0.15, -0.1) is 0 Å². The molecule has 2 amide bonds. The van der Waals surface area contributed by atoms with Crippen molar-refractivity contribution in [1.82, 2.24) is 15.1 Å². The smallest absolute Gasteiger partial charge is 0.256 e. The van der Waals surface area contributed by atoms with Gasteiger partial charge in [0.1, 0.15) is 18.1 Å².